The highest BCUT2D eigenvalue weighted by atomic mass is 35.5. The molecule has 0 bridgehead atoms. The van der Waals surface area contributed by atoms with Crippen LogP contribution in [0.2, 0.25) is 5.02 Å². The first-order valence-corrected chi connectivity index (χ1v) is 6.52. The Bertz CT molecular complexity index is 536. The molecule has 0 aromatic carbocycles. The highest BCUT2D eigenvalue weighted by Crippen LogP contribution is 2.16. The maximum atomic E-state index is 5.90. The van der Waals surface area contributed by atoms with E-state index < -0.39 is 0 Å². The van der Waals surface area contributed by atoms with Gasteiger partial charge >= 0.3 is 0 Å². The molecule has 96 valence electrons. The summed E-state index contributed by atoms with van der Waals surface area (Å²) >= 11 is 5.90. The molecule has 1 saturated heterocycles. The lowest BCUT2D eigenvalue weighted by molar-refractivity contribution is 0.0699. The van der Waals surface area contributed by atoms with Crippen LogP contribution in [0.1, 0.15) is 12.8 Å². The summed E-state index contributed by atoms with van der Waals surface area (Å²) in [4.78, 5) is 4.39. The number of halogens is 1. The molecule has 0 atom stereocenters. The first-order chi connectivity index (χ1) is 8.81. The lowest BCUT2D eigenvalue weighted by atomic mass is 10.0. The molecule has 0 unspecified atom stereocenters. The molecule has 1 aliphatic rings. The van der Waals surface area contributed by atoms with Gasteiger partial charge in [-0.2, -0.15) is 4.98 Å². The Balaban J connectivity index is 1.67. The van der Waals surface area contributed by atoms with Crippen molar-refractivity contribution in [3.05, 3.63) is 23.4 Å². The van der Waals surface area contributed by atoms with Crippen LogP contribution in [-0.2, 0) is 4.74 Å². The Morgan fingerprint density at radius 1 is 1.39 bits per heavy atom. The molecule has 5 nitrogen and oxygen atoms in total. The van der Waals surface area contributed by atoms with Gasteiger partial charge in [0.1, 0.15) is 0 Å². The summed E-state index contributed by atoms with van der Waals surface area (Å²) in [5.41, 5.74) is 0.800. The quantitative estimate of drug-likeness (QED) is 0.926. The summed E-state index contributed by atoms with van der Waals surface area (Å²) in [6, 6.07) is 3.67. The first-order valence-electron chi connectivity index (χ1n) is 6.15. The second kappa shape index (κ2) is 5.12. The number of fused-ring (bicyclic) bond motifs is 1. The van der Waals surface area contributed by atoms with Crippen LogP contribution < -0.4 is 5.32 Å². The fraction of sp³-hybridized carbons (Fsp3) is 0.500. The molecule has 6 heteroatoms. The Labute approximate surface area is 110 Å². The van der Waals surface area contributed by atoms with Gasteiger partial charge in [0.2, 0.25) is 5.95 Å². The monoisotopic (exact) mass is 266 g/mol. The van der Waals surface area contributed by atoms with E-state index in [1.807, 2.05) is 12.1 Å². The van der Waals surface area contributed by atoms with Crippen molar-refractivity contribution in [3.8, 4) is 0 Å². The van der Waals surface area contributed by atoms with Crippen molar-refractivity contribution in [2.75, 3.05) is 25.1 Å². The topological polar surface area (TPSA) is 51.5 Å². The zero-order valence-electron chi connectivity index (χ0n) is 9.97. The molecule has 0 saturated carbocycles. The third-order valence-electron chi connectivity index (χ3n) is 3.18. The maximum absolute atomic E-state index is 5.90. The van der Waals surface area contributed by atoms with Crippen LogP contribution in [-0.4, -0.2) is 34.4 Å². The van der Waals surface area contributed by atoms with Crippen molar-refractivity contribution in [1.82, 2.24) is 14.6 Å². The molecule has 0 amide bonds. The van der Waals surface area contributed by atoms with Gasteiger partial charge in [0.05, 0.1) is 5.02 Å². The van der Waals surface area contributed by atoms with Crippen molar-refractivity contribution in [2.24, 2.45) is 5.92 Å². The smallest absolute Gasteiger partial charge is 0.243 e. The van der Waals surface area contributed by atoms with E-state index >= 15 is 0 Å². The van der Waals surface area contributed by atoms with Gasteiger partial charge in [-0.15, -0.1) is 5.10 Å². The number of ether oxygens (including phenoxy) is 1. The number of hydrogen-bond acceptors (Lipinski definition) is 4. The fourth-order valence-electron chi connectivity index (χ4n) is 2.12. The van der Waals surface area contributed by atoms with Gasteiger partial charge in [0, 0.05) is 26.0 Å². The SMILES string of the molecule is Clc1ccc2nc(NCC3CCOCC3)nn2c1. The van der Waals surface area contributed by atoms with Crippen LogP contribution in [0.25, 0.3) is 5.65 Å². The third kappa shape index (κ3) is 2.57. The van der Waals surface area contributed by atoms with Crippen LogP contribution >= 0.6 is 11.6 Å². The standard InChI is InChI=1S/C12H15ClN4O/c13-10-1-2-11-15-12(16-17(11)8-10)14-7-9-3-5-18-6-4-9/h1-2,8-9H,3-7H2,(H,14,16). The Morgan fingerprint density at radius 2 is 2.22 bits per heavy atom. The lowest BCUT2D eigenvalue weighted by Crippen LogP contribution is -2.22. The van der Waals surface area contributed by atoms with Crippen molar-refractivity contribution < 1.29 is 4.74 Å². The Hall–Kier alpha value is -1.33. The summed E-state index contributed by atoms with van der Waals surface area (Å²) in [5, 5.41) is 8.27. The van der Waals surface area contributed by atoms with E-state index in [0.29, 0.717) is 16.9 Å². The summed E-state index contributed by atoms with van der Waals surface area (Å²) in [5.74, 6) is 1.30. The van der Waals surface area contributed by atoms with Crippen LogP contribution in [0.5, 0.6) is 0 Å². The molecule has 0 aliphatic carbocycles. The summed E-state index contributed by atoms with van der Waals surface area (Å²) in [6.07, 6.45) is 3.96. The molecule has 0 spiro atoms. The molecule has 18 heavy (non-hydrogen) atoms. The summed E-state index contributed by atoms with van der Waals surface area (Å²) < 4.78 is 7.02. The van der Waals surface area contributed by atoms with Gasteiger partial charge < -0.3 is 10.1 Å². The van der Waals surface area contributed by atoms with Gasteiger partial charge in [-0.1, -0.05) is 11.6 Å². The molecule has 1 fully saturated rings. The highest BCUT2D eigenvalue weighted by molar-refractivity contribution is 6.30. The number of anilines is 1. The average molecular weight is 267 g/mol. The normalized spacial score (nSPS) is 17.2. The average Bonchev–Trinajstić information content (AvgIpc) is 2.79. The van der Waals surface area contributed by atoms with Gasteiger partial charge in [-0.3, -0.25) is 0 Å². The Morgan fingerprint density at radius 3 is 3.06 bits per heavy atom. The molecule has 0 radical (unpaired) electrons. The molecule has 2 aromatic heterocycles. The number of nitrogens with one attached hydrogen (secondary N) is 1. The zero-order valence-corrected chi connectivity index (χ0v) is 10.7. The van der Waals surface area contributed by atoms with Crippen LogP contribution in [0, 0.1) is 5.92 Å². The molecular weight excluding hydrogens is 252 g/mol. The highest BCUT2D eigenvalue weighted by Gasteiger charge is 2.14. The number of pyridine rings is 1. The van der Waals surface area contributed by atoms with Crippen LogP contribution in [0.15, 0.2) is 18.3 Å². The fourth-order valence-corrected chi connectivity index (χ4v) is 2.27. The third-order valence-corrected chi connectivity index (χ3v) is 3.41. The maximum Gasteiger partial charge on any atom is 0.243 e. The second-order valence-corrected chi connectivity index (χ2v) is 4.96. The van der Waals surface area contributed by atoms with Gasteiger partial charge in [0.15, 0.2) is 5.65 Å². The number of nitrogens with zero attached hydrogens (tertiary/aromatic N) is 3. The van der Waals surface area contributed by atoms with E-state index in [-0.39, 0.29) is 0 Å². The predicted octanol–water partition coefficient (Wildman–Crippen LogP) is 2.22. The van der Waals surface area contributed by atoms with Gasteiger partial charge in [-0.25, -0.2) is 4.52 Å². The largest absolute Gasteiger partial charge is 0.381 e. The minimum absolute atomic E-state index is 0.647. The van der Waals surface area contributed by atoms with E-state index in [0.717, 1.165) is 38.2 Å². The molecule has 3 rings (SSSR count). The van der Waals surface area contributed by atoms with Crippen molar-refractivity contribution in [3.63, 3.8) is 0 Å². The molecular formula is C12H15ClN4O. The first kappa shape index (κ1) is 11.7. The minimum atomic E-state index is 0.647. The number of rotatable bonds is 3. The van der Waals surface area contributed by atoms with Crippen molar-refractivity contribution in [1.29, 1.82) is 0 Å². The summed E-state index contributed by atoms with van der Waals surface area (Å²) in [7, 11) is 0. The van der Waals surface area contributed by atoms with Crippen molar-refractivity contribution in [2.45, 2.75) is 12.8 Å². The van der Waals surface area contributed by atoms with Gasteiger partial charge in [0.25, 0.3) is 0 Å². The number of aromatic nitrogens is 3. The minimum Gasteiger partial charge on any atom is -0.381 e. The van der Waals surface area contributed by atoms with E-state index in [1.54, 1.807) is 10.7 Å². The Kier molecular flexibility index (Phi) is 3.34. The second-order valence-electron chi connectivity index (χ2n) is 4.52. The number of hydrogen-bond donors (Lipinski definition) is 1. The van der Waals surface area contributed by atoms with E-state index in [9.17, 15) is 0 Å². The van der Waals surface area contributed by atoms with E-state index in [2.05, 4.69) is 15.4 Å². The molecule has 3 heterocycles. The van der Waals surface area contributed by atoms with E-state index in [4.69, 9.17) is 16.3 Å². The summed E-state index contributed by atoms with van der Waals surface area (Å²) in [6.45, 7) is 2.62. The molecule has 1 N–H and O–H groups in total. The zero-order chi connectivity index (χ0) is 12.4. The molecule has 2 aromatic rings. The van der Waals surface area contributed by atoms with Gasteiger partial charge in [-0.05, 0) is 30.9 Å². The van der Waals surface area contributed by atoms with Crippen molar-refractivity contribution >= 4 is 23.2 Å². The molecule has 1 aliphatic heterocycles. The predicted molar refractivity (Wildman–Crippen MR) is 70.0 cm³/mol. The van der Waals surface area contributed by atoms with Crippen LogP contribution in [0.4, 0.5) is 5.95 Å². The lowest BCUT2D eigenvalue weighted by Gasteiger charge is -2.21. The van der Waals surface area contributed by atoms with Crippen LogP contribution in [0.3, 0.4) is 0 Å². The van der Waals surface area contributed by atoms with E-state index in [1.165, 1.54) is 0 Å².